The van der Waals surface area contributed by atoms with Crippen LogP contribution in [0.5, 0.6) is 0 Å². The largest absolute Gasteiger partial charge is 0.344 e. The van der Waals surface area contributed by atoms with Gasteiger partial charge in [0.15, 0.2) is 0 Å². The van der Waals surface area contributed by atoms with Gasteiger partial charge in [0.25, 0.3) is 5.91 Å². The number of carbonyl (C=O) groups excluding carboxylic acids is 1. The molecule has 0 aliphatic heterocycles. The Bertz CT molecular complexity index is 580. The highest BCUT2D eigenvalue weighted by Crippen LogP contribution is 2.30. The zero-order chi connectivity index (χ0) is 15.9. The number of hydrogen-bond acceptors (Lipinski definition) is 3. The second kappa shape index (κ2) is 9.71. The van der Waals surface area contributed by atoms with E-state index in [1.807, 2.05) is 30.3 Å². The minimum absolute atomic E-state index is 0. The van der Waals surface area contributed by atoms with Crippen LogP contribution in [-0.4, -0.2) is 5.91 Å². The predicted molar refractivity (Wildman–Crippen MR) is 100 cm³/mol. The second-order valence-electron chi connectivity index (χ2n) is 5.44. The van der Waals surface area contributed by atoms with Gasteiger partial charge < -0.3 is 11.1 Å². The normalized spacial score (nSPS) is 11.8. The molecule has 0 radical (unpaired) electrons. The number of carbonyl (C=O) groups is 1. The number of rotatable bonds is 7. The molecular weight excluding hydrogens is 328 g/mol. The third-order valence-corrected chi connectivity index (χ3v) is 5.06. The van der Waals surface area contributed by atoms with Gasteiger partial charge in [0, 0.05) is 17.0 Å². The Hall–Kier alpha value is -1.36. The molecule has 1 unspecified atom stereocenters. The number of hydrogen-bond donors (Lipinski definition) is 2. The molecule has 23 heavy (non-hydrogen) atoms. The Balaban J connectivity index is 0.00000264. The molecule has 2 aromatic rings. The Morgan fingerprint density at radius 3 is 2.30 bits per heavy atom. The van der Waals surface area contributed by atoms with Gasteiger partial charge in [0.1, 0.15) is 0 Å². The van der Waals surface area contributed by atoms with Gasteiger partial charge in [-0.2, -0.15) is 0 Å². The second-order valence-corrected chi connectivity index (χ2v) is 6.42. The average Bonchev–Trinajstić information content (AvgIpc) is 3.09. The molecule has 3 N–H and O–H groups in total. The van der Waals surface area contributed by atoms with Crippen molar-refractivity contribution in [2.24, 2.45) is 11.7 Å². The van der Waals surface area contributed by atoms with Gasteiger partial charge in [0.2, 0.25) is 0 Å². The maximum absolute atomic E-state index is 12.5. The van der Waals surface area contributed by atoms with Crippen molar-refractivity contribution in [1.29, 1.82) is 0 Å². The SMILES string of the molecule is CCC(CC)C(NC(=O)c1ccc(CN)cc1)c1cccs1.Cl. The molecule has 126 valence electrons. The molecule has 0 aliphatic carbocycles. The van der Waals surface area contributed by atoms with Crippen LogP contribution in [0.1, 0.15) is 53.5 Å². The summed E-state index contributed by atoms with van der Waals surface area (Å²) in [6, 6.07) is 11.7. The summed E-state index contributed by atoms with van der Waals surface area (Å²) in [5, 5.41) is 5.28. The molecule has 1 aromatic carbocycles. The minimum atomic E-state index is -0.0196. The Morgan fingerprint density at radius 1 is 1.17 bits per heavy atom. The standard InChI is InChI=1S/C18H24N2OS.ClH/c1-3-14(4-2)17(16-6-5-11-22-16)20-18(21)15-9-7-13(12-19)8-10-15;/h5-11,14,17H,3-4,12,19H2,1-2H3,(H,20,21);1H. The minimum Gasteiger partial charge on any atom is -0.344 e. The van der Waals surface area contributed by atoms with Gasteiger partial charge in [-0.3, -0.25) is 4.79 Å². The Morgan fingerprint density at radius 2 is 1.83 bits per heavy atom. The molecule has 5 heteroatoms. The summed E-state index contributed by atoms with van der Waals surface area (Å²) in [5.41, 5.74) is 7.32. The molecular formula is C18H25ClN2OS. The number of thiophene rings is 1. The summed E-state index contributed by atoms with van der Waals surface area (Å²) in [6.45, 7) is 4.85. The maximum atomic E-state index is 12.5. The molecule has 0 saturated carbocycles. The van der Waals surface area contributed by atoms with Crippen LogP contribution in [0.2, 0.25) is 0 Å². The first-order valence-corrected chi connectivity index (χ1v) is 8.70. The van der Waals surface area contributed by atoms with Gasteiger partial charge >= 0.3 is 0 Å². The summed E-state index contributed by atoms with van der Waals surface area (Å²) < 4.78 is 0. The van der Waals surface area contributed by atoms with Gasteiger partial charge in [-0.05, 0) is 35.1 Å². The van der Waals surface area contributed by atoms with Crippen LogP contribution < -0.4 is 11.1 Å². The molecule has 0 aliphatic rings. The van der Waals surface area contributed by atoms with E-state index < -0.39 is 0 Å². The van der Waals surface area contributed by atoms with Crippen LogP contribution in [0.25, 0.3) is 0 Å². The summed E-state index contributed by atoms with van der Waals surface area (Å²) in [7, 11) is 0. The van der Waals surface area contributed by atoms with Crippen LogP contribution in [0, 0.1) is 5.92 Å². The predicted octanol–water partition coefficient (Wildman–Crippen LogP) is 4.54. The summed E-state index contributed by atoms with van der Waals surface area (Å²) in [6.07, 6.45) is 2.09. The molecule has 1 amide bonds. The fourth-order valence-electron chi connectivity index (χ4n) is 2.67. The maximum Gasteiger partial charge on any atom is 0.251 e. The van der Waals surface area contributed by atoms with Crippen molar-refractivity contribution in [2.75, 3.05) is 0 Å². The van der Waals surface area contributed by atoms with Crippen molar-refractivity contribution in [2.45, 2.75) is 39.3 Å². The highest BCUT2D eigenvalue weighted by Gasteiger charge is 2.23. The van der Waals surface area contributed by atoms with Crippen molar-refractivity contribution in [1.82, 2.24) is 5.32 Å². The topological polar surface area (TPSA) is 55.1 Å². The summed E-state index contributed by atoms with van der Waals surface area (Å²) in [4.78, 5) is 13.8. The molecule has 1 heterocycles. The van der Waals surface area contributed by atoms with Crippen molar-refractivity contribution in [3.63, 3.8) is 0 Å². The molecule has 2 rings (SSSR count). The lowest BCUT2D eigenvalue weighted by Gasteiger charge is -2.25. The first-order chi connectivity index (χ1) is 10.7. The van der Waals surface area contributed by atoms with Crippen LogP contribution in [0.4, 0.5) is 0 Å². The van der Waals surface area contributed by atoms with Gasteiger partial charge in [-0.25, -0.2) is 0 Å². The van der Waals surface area contributed by atoms with Crippen molar-refractivity contribution >= 4 is 29.7 Å². The van der Waals surface area contributed by atoms with E-state index in [1.54, 1.807) is 11.3 Å². The molecule has 0 saturated heterocycles. The van der Waals surface area contributed by atoms with Crippen LogP contribution in [0.3, 0.4) is 0 Å². The lowest BCUT2D eigenvalue weighted by molar-refractivity contribution is 0.0920. The zero-order valence-electron chi connectivity index (χ0n) is 13.6. The van der Waals surface area contributed by atoms with Gasteiger partial charge in [-0.1, -0.05) is 44.9 Å². The van der Waals surface area contributed by atoms with Crippen molar-refractivity contribution < 1.29 is 4.79 Å². The number of nitrogens with two attached hydrogens (primary N) is 1. The molecule has 0 bridgehead atoms. The van der Waals surface area contributed by atoms with Crippen LogP contribution in [-0.2, 0) is 6.54 Å². The first kappa shape index (κ1) is 19.7. The number of nitrogens with one attached hydrogen (secondary N) is 1. The number of benzene rings is 1. The molecule has 0 fully saturated rings. The summed E-state index contributed by atoms with van der Waals surface area (Å²) >= 11 is 1.70. The van der Waals surface area contributed by atoms with Crippen LogP contribution >= 0.6 is 23.7 Å². The van der Waals surface area contributed by atoms with Crippen LogP contribution in [0.15, 0.2) is 41.8 Å². The van der Waals surface area contributed by atoms with Gasteiger partial charge in [-0.15, -0.1) is 23.7 Å². The first-order valence-electron chi connectivity index (χ1n) is 7.82. The lowest BCUT2D eigenvalue weighted by atomic mass is 9.92. The Labute approximate surface area is 148 Å². The molecule has 0 spiro atoms. The Kier molecular flexibility index (Phi) is 8.31. The fourth-order valence-corrected chi connectivity index (χ4v) is 3.54. The van der Waals surface area contributed by atoms with E-state index >= 15 is 0 Å². The smallest absolute Gasteiger partial charge is 0.251 e. The summed E-state index contributed by atoms with van der Waals surface area (Å²) in [5.74, 6) is 0.430. The van der Waals surface area contributed by atoms with Gasteiger partial charge in [0.05, 0.1) is 6.04 Å². The highest BCUT2D eigenvalue weighted by molar-refractivity contribution is 7.10. The lowest BCUT2D eigenvalue weighted by Crippen LogP contribution is -2.32. The van der Waals surface area contributed by atoms with E-state index in [4.69, 9.17) is 5.73 Å². The average molecular weight is 353 g/mol. The third kappa shape index (κ3) is 5.06. The third-order valence-electron chi connectivity index (χ3n) is 4.11. The monoisotopic (exact) mass is 352 g/mol. The fraction of sp³-hybridized carbons (Fsp3) is 0.389. The molecule has 3 nitrogen and oxygen atoms in total. The molecule has 1 atom stereocenters. The van der Waals surface area contributed by atoms with E-state index in [0.717, 1.165) is 18.4 Å². The van der Waals surface area contributed by atoms with Crippen molar-refractivity contribution in [3.8, 4) is 0 Å². The number of halogens is 1. The van der Waals surface area contributed by atoms with E-state index in [1.165, 1.54) is 4.88 Å². The number of amides is 1. The molecule has 1 aromatic heterocycles. The van der Waals surface area contributed by atoms with E-state index in [-0.39, 0.29) is 24.4 Å². The van der Waals surface area contributed by atoms with E-state index in [2.05, 4.69) is 30.6 Å². The quantitative estimate of drug-likeness (QED) is 0.768. The van der Waals surface area contributed by atoms with E-state index in [9.17, 15) is 4.79 Å². The van der Waals surface area contributed by atoms with Crippen molar-refractivity contribution in [3.05, 3.63) is 57.8 Å². The van der Waals surface area contributed by atoms with E-state index in [0.29, 0.717) is 18.0 Å². The highest BCUT2D eigenvalue weighted by atomic mass is 35.5. The zero-order valence-corrected chi connectivity index (χ0v) is 15.3.